The first kappa shape index (κ1) is 27.5. The Hall–Kier alpha value is -4.38. The molecule has 214 valence electrons. The molecule has 0 saturated carbocycles. The van der Waals surface area contributed by atoms with Crippen molar-refractivity contribution in [1.29, 1.82) is 0 Å². The quantitative estimate of drug-likeness (QED) is 0.222. The van der Waals surface area contributed by atoms with Gasteiger partial charge in [0.15, 0.2) is 6.61 Å². The van der Waals surface area contributed by atoms with Crippen molar-refractivity contribution >= 4 is 74.6 Å². The Labute approximate surface area is 258 Å². The Morgan fingerprint density at radius 3 is 2.53 bits per heavy atom. The molecule has 0 aliphatic carbocycles. The summed E-state index contributed by atoms with van der Waals surface area (Å²) >= 11 is 8.29. The molecule has 2 aliphatic heterocycles. The Morgan fingerprint density at radius 2 is 1.70 bits per heavy atom. The number of hydrogen-bond acceptors (Lipinski definition) is 7. The van der Waals surface area contributed by atoms with Crippen molar-refractivity contribution in [3.8, 4) is 5.75 Å². The topological polar surface area (TPSA) is 109 Å². The molecule has 2 aliphatic rings. The zero-order valence-corrected chi connectivity index (χ0v) is 24.7. The van der Waals surface area contributed by atoms with E-state index in [4.69, 9.17) is 16.3 Å². The Morgan fingerprint density at radius 1 is 0.930 bits per heavy atom. The molecule has 0 bridgehead atoms. The van der Waals surface area contributed by atoms with Gasteiger partial charge in [-0.05, 0) is 53.4 Å². The van der Waals surface area contributed by atoms with Gasteiger partial charge in [-0.15, -0.1) is 0 Å². The number of nitrogens with zero attached hydrogens (tertiary/aromatic N) is 1. The third kappa shape index (κ3) is 5.01. The highest BCUT2D eigenvalue weighted by Crippen LogP contribution is 2.53. The lowest BCUT2D eigenvalue weighted by molar-refractivity contribution is -0.122. The van der Waals surface area contributed by atoms with Crippen LogP contribution in [0.15, 0.2) is 101 Å². The number of anilines is 2. The maximum absolute atomic E-state index is 13.9. The lowest BCUT2D eigenvalue weighted by Crippen LogP contribution is -2.32. The summed E-state index contributed by atoms with van der Waals surface area (Å²) in [6.07, 6.45) is 0. The Kier molecular flexibility index (Phi) is 7.04. The molecule has 43 heavy (non-hydrogen) atoms. The summed E-state index contributed by atoms with van der Waals surface area (Å²) < 4.78 is 5.88. The molecule has 3 atom stereocenters. The van der Waals surface area contributed by atoms with Crippen molar-refractivity contribution in [3.63, 3.8) is 0 Å². The zero-order chi connectivity index (χ0) is 29.7. The highest BCUT2D eigenvalue weighted by molar-refractivity contribution is 8.00. The highest BCUT2D eigenvalue weighted by Gasteiger charge is 2.56. The number of carbonyl (C=O) groups is 3. The summed E-state index contributed by atoms with van der Waals surface area (Å²) in [5.41, 5.74) is 1.84. The van der Waals surface area contributed by atoms with Crippen LogP contribution in [-0.4, -0.2) is 34.6 Å². The number of benzene rings is 4. The average molecular weight is 628 g/mol. The number of carbonyl (C=O) groups excluding carboxylic acids is 3. The molecule has 3 heterocycles. The van der Waals surface area contributed by atoms with Crippen LogP contribution in [0.4, 0.5) is 11.4 Å². The number of halogens is 1. The van der Waals surface area contributed by atoms with Crippen LogP contribution in [0.1, 0.15) is 16.4 Å². The monoisotopic (exact) mass is 627 g/mol. The van der Waals surface area contributed by atoms with Gasteiger partial charge in [0.05, 0.1) is 16.6 Å². The lowest BCUT2D eigenvalue weighted by atomic mass is 9.83. The first-order valence-corrected chi connectivity index (χ1v) is 15.5. The van der Waals surface area contributed by atoms with Gasteiger partial charge in [0, 0.05) is 26.9 Å². The number of aromatic amines is 1. The van der Waals surface area contributed by atoms with E-state index in [1.165, 1.54) is 16.7 Å². The molecule has 2 N–H and O–H groups in total. The minimum Gasteiger partial charge on any atom is -0.484 e. The summed E-state index contributed by atoms with van der Waals surface area (Å²) in [5.74, 6) is -1.89. The minimum absolute atomic E-state index is 0.232. The second kappa shape index (κ2) is 11.0. The van der Waals surface area contributed by atoms with Crippen LogP contribution in [0.5, 0.6) is 5.75 Å². The van der Waals surface area contributed by atoms with E-state index in [-0.39, 0.29) is 29.2 Å². The molecular formula is C32H22ClN3O5S2. The number of imide groups is 1. The predicted octanol–water partition coefficient (Wildman–Crippen LogP) is 6.06. The highest BCUT2D eigenvalue weighted by atomic mass is 35.5. The van der Waals surface area contributed by atoms with Gasteiger partial charge in [0.2, 0.25) is 11.8 Å². The van der Waals surface area contributed by atoms with E-state index in [1.807, 2.05) is 48.5 Å². The number of fused-ring (bicyclic) bond motifs is 3. The summed E-state index contributed by atoms with van der Waals surface area (Å²) in [4.78, 5) is 57.2. The number of thiazole rings is 1. The molecule has 11 heteroatoms. The predicted molar refractivity (Wildman–Crippen MR) is 168 cm³/mol. The molecule has 1 saturated heterocycles. The van der Waals surface area contributed by atoms with Gasteiger partial charge in [-0.3, -0.25) is 19.2 Å². The van der Waals surface area contributed by atoms with E-state index < -0.39 is 17.1 Å². The summed E-state index contributed by atoms with van der Waals surface area (Å²) in [6, 6.07) is 27.1. The van der Waals surface area contributed by atoms with Crippen molar-refractivity contribution in [2.75, 3.05) is 16.8 Å². The zero-order valence-electron chi connectivity index (χ0n) is 22.3. The molecular weight excluding hydrogens is 606 g/mol. The van der Waals surface area contributed by atoms with Gasteiger partial charge in [-0.2, -0.15) is 0 Å². The van der Waals surface area contributed by atoms with Gasteiger partial charge in [-0.1, -0.05) is 83.2 Å². The van der Waals surface area contributed by atoms with Gasteiger partial charge in [0.25, 0.3) is 5.91 Å². The van der Waals surface area contributed by atoms with Gasteiger partial charge >= 0.3 is 4.87 Å². The van der Waals surface area contributed by atoms with Crippen molar-refractivity contribution in [3.05, 3.63) is 116 Å². The lowest BCUT2D eigenvalue weighted by Gasteiger charge is -2.30. The van der Waals surface area contributed by atoms with Gasteiger partial charge in [-0.25, -0.2) is 4.90 Å². The maximum Gasteiger partial charge on any atom is 0.305 e. The number of ether oxygens (including phenoxy) is 1. The Balaban J connectivity index is 1.16. The first-order chi connectivity index (χ1) is 20.9. The SMILES string of the molecule is O=C(COc1cccc([C@H]2c3sc(=O)[nH]c3SC3C(=O)N(c4ccc(Cl)cc4)C(=O)C32)c1)Nc1cccc2ccccc12. The van der Waals surface area contributed by atoms with E-state index in [1.54, 1.807) is 42.5 Å². The number of aromatic nitrogens is 1. The van der Waals surface area contributed by atoms with Crippen molar-refractivity contribution in [1.82, 2.24) is 4.98 Å². The van der Waals surface area contributed by atoms with Gasteiger partial charge in [0.1, 0.15) is 11.0 Å². The second-order valence-electron chi connectivity index (χ2n) is 10.2. The molecule has 1 fully saturated rings. The Bertz CT molecular complexity index is 1970. The van der Waals surface area contributed by atoms with Crippen LogP contribution in [0.2, 0.25) is 5.02 Å². The average Bonchev–Trinajstić information content (AvgIpc) is 3.51. The first-order valence-electron chi connectivity index (χ1n) is 13.4. The van der Waals surface area contributed by atoms with Crippen molar-refractivity contribution in [2.24, 2.45) is 5.92 Å². The molecule has 2 unspecified atom stereocenters. The molecule has 8 nitrogen and oxygen atoms in total. The number of H-pyrrole nitrogens is 1. The maximum atomic E-state index is 13.9. The normalized spacial score (nSPS) is 19.3. The minimum atomic E-state index is -0.739. The number of nitrogens with one attached hydrogen (secondary N) is 2. The van der Waals surface area contributed by atoms with E-state index in [0.29, 0.717) is 37.6 Å². The third-order valence-electron chi connectivity index (χ3n) is 7.56. The smallest absolute Gasteiger partial charge is 0.305 e. The van der Waals surface area contributed by atoms with Crippen molar-refractivity contribution in [2.45, 2.75) is 16.2 Å². The fourth-order valence-electron chi connectivity index (χ4n) is 5.69. The number of hydrogen-bond donors (Lipinski definition) is 2. The molecule has 0 radical (unpaired) electrons. The van der Waals surface area contributed by atoms with E-state index >= 15 is 0 Å². The second-order valence-corrected chi connectivity index (χ2v) is 12.8. The van der Waals surface area contributed by atoms with E-state index in [0.717, 1.165) is 22.1 Å². The molecule has 4 aromatic carbocycles. The van der Waals surface area contributed by atoms with E-state index in [2.05, 4.69) is 10.3 Å². The molecule has 3 amide bonds. The van der Waals surface area contributed by atoms with Crippen LogP contribution in [-0.2, 0) is 14.4 Å². The summed E-state index contributed by atoms with van der Waals surface area (Å²) in [7, 11) is 0. The fourth-order valence-corrected chi connectivity index (χ4v) is 8.33. The number of thioether (sulfide) groups is 1. The van der Waals surface area contributed by atoms with E-state index in [9.17, 15) is 19.2 Å². The fraction of sp³-hybridized carbons (Fsp3) is 0.125. The summed E-state index contributed by atoms with van der Waals surface area (Å²) in [5, 5.41) is 5.21. The van der Waals surface area contributed by atoms with Crippen LogP contribution in [0.3, 0.4) is 0 Å². The molecule has 5 aromatic rings. The largest absolute Gasteiger partial charge is 0.484 e. The molecule has 7 rings (SSSR count). The number of rotatable bonds is 6. The van der Waals surface area contributed by atoms with Crippen molar-refractivity contribution < 1.29 is 19.1 Å². The third-order valence-corrected chi connectivity index (χ3v) is 10.2. The van der Waals surface area contributed by atoms with Gasteiger partial charge < -0.3 is 15.0 Å². The number of amides is 3. The van der Waals surface area contributed by atoms with Crippen LogP contribution in [0, 0.1) is 5.92 Å². The van der Waals surface area contributed by atoms with Crippen LogP contribution >= 0.6 is 34.7 Å². The molecule has 0 spiro atoms. The van der Waals surface area contributed by atoms with Crippen LogP contribution in [0.25, 0.3) is 10.8 Å². The molecule has 1 aromatic heterocycles. The summed E-state index contributed by atoms with van der Waals surface area (Å²) in [6.45, 7) is -0.232. The standard InChI is InChI=1S/C32H22ClN3O5S2/c33-19-11-13-20(14-12-19)36-30(38)26-25(27-29(35-32(40)43-27)42-28(26)31(36)39)18-7-3-8-21(15-18)41-16-24(37)34-23-10-4-6-17-5-1-2-9-22(17)23/h1-15,25-26,28H,16H2,(H,34,37)(H,35,40)/t25-,26?,28?/m1/s1. The van der Waals surface area contributed by atoms with Crippen LogP contribution < -0.4 is 19.8 Å².